The average molecular weight is 368 g/mol. The van der Waals surface area contributed by atoms with E-state index in [0.29, 0.717) is 0 Å². The van der Waals surface area contributed by atoms with Gasteiger partial charge in [0.1, 0.15) is 17.6 Å². The average Bonchev–Trinajstić information content (AvgIpc) is 3.03. The molecular formula is C14H20N6O6. The number of amidine groups is 1. The first-order valence-corrected chi connectivity index (χ1v) is 7.26. The zero-order chi connectivity index (χ0) is 19.9. The molecule has 0 saturated carbocycles. The van der Waals surface area contributed by atoms with Crippen LogP contribution in [0.15, 0.2) is 21.2 Å². The molecule has 1 heterocycles. The molecule has 1 rings (SSSR count). The SMILES string of the molecule is COC(=O)C(=CC(O)C=O)N=C(NN)C(C)(C)NC(=O)c1nnc(C)o1. The molecule has 1 aromatic rings. The highest BCUT2D eigenvalue weighted by Crippen LogP contribution is 2.11. The summed E-state index contributed by atoms with van der Waals surface area (Å²) in [5.41, 5.74) is 0.634. The topological polar surface area (TPSA) is 182 Å². The van der Waals surface area contributed by atoms with E-state index in [1.165, 1.54) is 20.8 Å². The lowest BCUT2D eigenvalue weighted by Gasteiger charge is -2.27. The van der Waals surface area contributed by atoms with E-state index in [4.69, 9.17) is 10.3 Å². The zero-order valence-electron chi connectivity index (χ0n) is 14.6. The van der Waals surface area contributed by atoms with Gasteiger partial charge >= 0.3 is 17.8 Å². The second kappa shape index (κ2) is 8.82. The number of aryl methyl sites for hydroxylation is 1. The molecular weight excluding hydrogens is 348 g/mol. The first-order chi connectivity index (χ1) is 12.1. The van der Waals surface area contributed by atoms with Crippen LogP contribution in [0.5, 0.6) is 0 Å². The van der Waals surface area contributed by atoms with Crippen molar-refractivity contribution in [3.05, 3.63) is 23.6 Å². The molecule has 0 fully saturated rings. The van der Waals surface area contributed by atoms with E-state index < -0.39 is 29.2 Å². The summed E-state index contributed by atoms with van der Waals surface area (Å²) >= 11 is 0. The van der Waals surface area contributed by atoms with Gasteiger partial charge in [-0.2, -0.15) is 0 Å². The number of ether oxygens (including phenoxy) is 1. The predicted molar refractivity (Wildman–Crippen MR) is 87.5 cm³/mol. The molecule has 0 bridgehead atoms. The lowest BCUT2D eigenvalue weighted by Crippen LogP contribution is -2.56. The van der Waals surface area contributed by atoms with E-state index in [2.05, 4.69) is 30.7 Å². The molecule has 142 valence electrons. The number of aldehydes is 1. The van der Waals surface area contributed by atoms with Crippen LogP contribution in [0.4, 0.5) is 0 Å². The molecule has 0 aliphatic heterocycles. The number of hydrogen-bond donors (Lipinski definition) is 4. The molecule has 1 amide bonds. The van der Waals surface area contributed by atoms with Crippen molar-refractivity contribution >= 4 is 24.0 Å². The number of esters is 1. The van der Waals surface area contributed by atoms with E-state index in [-0.39, 0.29) is 23.9 Å². The number of nitrogens with one attached hydrogen (secondary N) is 2. The van der Waals surface area contributed by atoms with Crippen molar-refractivity contribution in [2.24, 2.45) is 10.8 Å². The molecule has 0 radical (unpaired) electrons. The number of nitrogens with two attached hydrogens (primary N) is 1. The van der Waals surface area contributed by atoms with Crippen molar-refractivity contribution in [1.29, 1.82) is 0 Å². The molecule has 12 heteroatoms. The molecule has 0 aromatic carbocycles. The molecule has 26 heavy (non-hydrogen) atoms. The molecule has 0 spiro atoms. The van der Waals surface area contributed by atoms with Crippen LogP contribution in [0, 0.1) is 6.92 Å². The van der Waals surface area contributed by atoms with Gasteiger partial charge in [0, 0.05) is 6.92 Å². The Labute approximate surface area is 148 Å². The summed E-state index contributed by atoms with van der Waals surface area (Å²) in [7, 11) is 1.10. The van der Waals surface area contributed by atoms with Gasteiger partial charge in [0.15, 0.2) is 6.29 Å². The number of hydrogen-bond acceptors (Lipinski definition) is 10. The normalized spacial score (nSPS) is 13.8. The highest BCUT2D eigenvalue weighted by Gasteiger charge is 2.30. The van der Waals surface area contributed by atoms with Crippen LogP contribution in [0.3, 0.4) is 0 Å². The highest BCUT2D eigenvalue weighted by atomic mass is 16.5. The van der Waals surface area contributed by atoms with Gasteiger partial charge in [0.2, 0.25) is 5.89 Å². The van der Waals surface area contributed by atoms with Crippen molar-refractivity contribution in [1.82, 2.24) is 20.9 Å². The lowest BCUT2D eigenvalue weighted by atomic mass is 10.0. The molecule has 1 unspecified atom stereocenters. The Morgan fingerprint density at radius 2 is 2.08 bits per heavy atom. The van der Waals surface area contributed by atoms with E-state index in [1.807, 2.05) is 0 Å². The molecule has 12 nitrogen and oxygen atoms in total. The van der Waals surface area contributed by atoms with Crippen molar-refractivity contribution in [2.75, 3.05) is 7.11 Å². The largest absolute Gasteiger partial charge is 0.464 e. The summed E-state index contributed by atoms with van der Waals surface area (Å²) in [6, 6.07) is 0. The lowest BCUT2D eigenvalue weighted by molar-refractivity contribution is -0.136. The fourth-order valence-corrected chi connectivity index (χ4v) is 1.71. The third-order valence-corrected chi connectivity index (χ3v) is 2.97. The Kier molecular flexibility index (Phi) is 7.10. The van der Waals surface area contributed by atoms with E-state index in [9.17, 15) is 19.5 Å². The number of nitrogens with zero attached hydrogens (tertiary/aromatic N) is 3. The predicted octanol–water partition coefficient (Wildman–Crippen LogP) is -1.64. The Morgan fingerprint density at radius 3 is 2.54 bits per heavy atom. The van der Waals surface area contributed by atoms with Crippen molar-refractivity contribution in [2.45, 2.75) is 32.4 Å². The van der Waals surface area contributed by atoms with Crippen LogP contribution in [0.1, 0.15) is 30.4 Å². The zero-order valence-corrected chi connectivity index (χ0v) is 14.6. The van der Waals surface area contributed by atoms with Crippen LogP contribution in [-0.4, -0.2) is 58.1 Å². The number of aliphatic hydroxyl groups excluding tert-OH is 1. The number of hydrazine groups is 1. The fraction of sp³-hybridized carbons (Fsp3) is 0.429. The highest BCUT2D eigenvalue weighted by molar-refractivity contribution is 6.01. The minimum absolute atomic E-state index is 0.0724. The monoisotopic (exact) mass is 368 g/mol. The van der Waals surface area contributed by atoms with Crippen LogP contribution in [0.25, 0.3) is 0 Å². The molecule has 1 atom stereocenters. The van der Waals surface area contributed by atoms with Gasteiger partial charge in [-0.05, 0) is 19.9 Å². The summed E-state index contributed by atoms with van der Waals surface area (Å²) in [6.45, 7) is 4.57. The number of amides is 1. The second-order valence-electron chi connectivity index (χ2n) is 5.48. The maximum Gasteiger partial charge on any atom is 0.356 e. The van der Waals surface area contributed by atoms with Gasteiger partial charge in [0.25, 0.3) is 0 Å². The van der Waals surface area contributed by atoms with Gasteiger partial charge in [-0.3, -0.25) is 4.79 Å². The number of carbonyl (C=O) groups is 3. The quantitative estimate of drug-likeness (QED) is 0.0828. The Bertz CT molecular complexity index is 738. The molecule has 1 aromatic heterocycles. The van der Waals surface area contributed by atoms with Crippen molar-refractivity contribution < 1.29 is 28.6 Å². The molecule has 0 saturated heterocycles. The van der Waals surface area contributed by atoms with E-state index in [1.54, 1.807) is 0 Å². The third-order valence-electron chi connectivity index (χ3n) is 2.97. The summed E-state index contributed by atoms with van der Waals surface area (Å²) < 4.78 is 9.56. The van der Waals surface area contributed by atoms with Gasteiger partial charge in [0.05, 0.1) is 12.6 Å². The van der Waals surface area contributed by atoms with E-state index in [0.717, 1.165) is 13.2 Å². The fourth-order valence-electron chi connectivity index (χ4n) is 1.71. The number of rotatable bonds is 7. The Balaban J connectivity index is 3.16. The van der Waals surface area contributed by atoms with Crippen LogP contribution in [0.2, 0.25) is 0 Å². The van der Waals surface area contributed by atoms with Gasteiger partial charge in [-0.25, -0.2) is 15.6 Å². The minimum Gasteiger partial charge on any atom is -0.464 e. The van der Waals surface area contributed by atoms with Crippen molar-refractivity contribution in [3.8, 4) is 0 Å². The first-order valence-electron chi connectivity index (χ1n) is 7.26. The first kappa shape index (κ1) is 20.9. The number of methoxy groups -OCH3 is 1. The summed E-state index contributed by atoms with van der Waals surface area (Å²) in [4.78, 5) is 38.5. The summed E-state index contributed by atoms with van der Waals surface area (Å²) in [5, 5.41) is 19.1. The maximum absolute atomic E-state index is 12.2. The molecule has 5 N–H and O–H groups in total. The van der Waals surface area contributed by atoms with Crippen LogP contribution < -0.4 is 16.6 Å². The molecule has 0 aliphatic rings. The van der Waals surface area contributed by atoms with Gasteiger partial charge in [-0.1, -0.05) is 0 Å². The minimum atomic E-state index is -1.58. The summed E-state index contributed by atoms with van der Waals surface area (Å²) in [6.07, 6.45) is -0.514. The third kappa shape index (κ3) is 5.46. The smallest absolute Gasteiger partial charge is 0.356 e. The van der Waals surface area contributed by atoms with Crippen molar-refractivity contribution in [3.63, 3.8) is 0 Å². The van der Waals surface area contributed by atoms with Gasteiger partial charge in [-0.15, -0.1) is 10.2 Å². The van der Waals surface area contributed by atoms with Crippen LogP contribution in [-0.2, 0) is 14.3 Å². The number of carbonyl (C=O) groups excluding carboxylic acids is 3. The van der Waals surface area contributed by atoms with Gasteiger partial charge < -0.3 is 29.8 Å². The number of aliphatic imine (C=N–C) groups is 1. The maximum atomic E-state index is 12.2. The Morgan fingerprint density at radius 1 is 1.42 bits per heavy atom. The standard InChI is InChI=1S/C14H20N6O6/c1-7-19-20-11(26-7)10(23)17-14(2,3)13(18-15)16-9(12(24)25-4)5-8(22)6-21/h5-6,8,22H,15H2,1-4H3,(H,16,18)(H,17,23). The van der Waals surface area contributed by atoms with E-state index >= 15 is 0 Å². The number of aromatic nitrogens is 2. The van der Waals surface area contributed by atoms with Crippen LogP contribution >= 0.6 is 0 Å². The number of aliphatic hydroxyl groups is 1. The Hall–Kier alpha value is -3.12. The molecule has 0 aliphatic carbocycles. The summed E-state index contributed by atoms with van der Waals surface area (Å²) in [5.74, 6) is 3.68. The second-order valence-corrected chi connectivity index (χ2v) is 5.48.